The van der Waals surface area contributed by atoms with Gasteiger partial charge in [-0.1, -0.05) is 23.7 Å². The fourth-order valence-corrected chi connectivity index (χ4v) is 6.77. The third-order valence-corrected chi connectivity index (χ3v) is 9.02. The summed E-state index contributed by atoms with van der Waals surface area (Å²) < 4.78 is 17.1. The number of nitrogens with one attached hydrogen (secondary N) is 1. The lowest BCUT2D eigenvalue weighted by atomic mass is 10.1. The van der Waals surface area contributed by atoms with Crippen molar-refractivity contribution in [2.45, 2.75) is 23.8 Å². The molecule has 0 spiro atoms. The van der Waals surface area contributed by atoms with E-state index in [1.807, 2.05) is 26.3 Å². The van der Waals surface area contributed by atoms with E-state index in [0.29, 0.717) is 28.9 Å². The molecule has 4 heterocycles. The number of nitrogens with zero attached hydrogens (tertiary/aromatic N) is 5. The molecule has 1 fully saturated rings. The van der Waals surface area contributed by atoms with Crippen LogP contribution >= 0.6 is 22.9 Å². The van der Waals surface area contributed by atoms with Gasteiger partial charge in [0.15, 0.2) is 9.86 Å². The molecule has 0 saturated carbocycles. The number of carboxylic acid groups (broad SMARTS) is 1. The fourth-order valence-electron chi connectivity index (χ4n) is 4.66. The summed E-state index contributed by atoms with van der Waals surface area (Å²) in [4.78, 5) is 26.9. The molecule has 12 heteroatoms. The van der Waals surface area contributed by atoms with E-state index in [1.165, 1.54) is 11.3 Å². The van der Waals surface area contributed by atoms with Crippen molar-refractivity contribution >= 4 is 51.2 Å². The molecule has 198 valence electrons. The molecular formula is C27H23ClN6O3S2. The Hall–Kier alpha value is -3.48. The van der Waals surface area contributed by atoms with Gasteiger partial charge >= 0.3 is 5.97 Å². The van der Waals surface area contributed by atoms with Gasteiger partial charge in [0.1, 0.15) is 5.69 Å². The summed E-state index contributed by atoms with van der Waals surface area (Å²) in [5, 5.41) is 15.3. The summed E-state index contributed by atoms with van der Waals surface area (Å²) in [6.07, 6.45) is 5.45. The average molecular weight is 579 g/mol. The molecule has 1 aliphatic rings. The number of aromatic nitrogens is 4. The molecule has 39 heavy (non-hydrogen) atoms. The van der Waals surface area contributed by atoms with Crippen LogP contribution in [-0.4, -0.2) is 58.4 Å². The Morgan fingerprint density at radius 1 is 1.13 bits per heavy atom. The number of aromatic carboxylic acids is 1. The summed E-state index contributed by atoms with van der Waals surface area (Å²) in [7, 11) is 0. The van der Waals surface area contributed by atoms with Crippen LogP contribution in [0.1, 0.15) is 23.2 Å². The lowest BCUT2D eigenvalue weighted by Gasteiger charge is -2.32. The van der Waals surface area contributed by atoms with E-state index in [4.69, 9.17) is 21.6 Å². The van der Waals surface area contributed by atoms with Crippen LogP contribution in [0, 0.1) is 0 Å². The number of imidazole rings is 1. The topological polar surface area (TPSA) is 119 Å². The number of rotatable bonds is 7. The van der Waals surface area contributed by atoms with Gasteiger partial charge in [0.25, 0.3) is 0 Å². The van der Waals surface area contributed by atoms with Gasteiger partial charge in [0.05, 0.1) is 34.9 Å². The highest BCUT2D eigenvalue weighted by atomic mass is 35.5. The van der Waals surface area contributed by atoms with Gasteiger partial charge in [0.2, 0.25) is 5.95 Å². The van der Waals surface area contributed by atoms with E-state index in [1.54, 1.807) is 54.7 Å². The molecule has 1 unspecified atom stereocenters. The van der Waals surface area contributed by atoms with Crippen LogP contribution in [0.5, 0.6) is 0 Å². The number of thiazole rings is 1. The summed E-state index contributed by atoms with van der Waals surface area (Å²) in [5.74, 6) is -0.494. The van der Waals surface area contributed by atoms with E-state index in [0.717, 1.165) is 40.5 Å². The van der Waals surface area contributed by atoms with Crippen LogP contribution in [0.4, 0.5) is 5.95 Å². The molecule has 0 bridgehead atoms. The van der Waals surface area contributed by atoms with Gasteiger partial charge in [-0.25, -0.2) is 19.7 Å². The van der Waals surface area contributed by atoms with E-state index in [2.05, 4.69) is 10.3 Å². The number of hydrogen-bond acceptors (Lipinski definition) is 8. The van der Waals surface area contributed by atoms with Crippen molar-refractivity contribution in [3.63, 3.8) is 0 Å². The molecule has 5 aromatic rings. The van der Waals surface area contributed by atoms with E-state index >= 15 is 0 Å². The van der Waals surface area contributed by atoms with Crippen LogP contribution < -0.4 is 5.32 Å². The lowest BCUT2D eigenvalue weighted by Crippen LogP contribution is -2.45. The van der Waals surface area contributed by atoms with Gasteiger partial charge in [-0.2, -0.15) is 0 Å². The van der Waals surface area contributed by atoms with Crippen molar-refractivity contribution in [3.05, 3.63) is 83.0 Å². The zero-order valence-electron chi connectivity index (χ0n) is 20.5. The Kier molecular flexibility index (Phi) is 7.24. The van der Waals surface area contributed by atoms with Crippen LogP contribution in [0.25, 0.3) is 27.6 Å². The first kappa shape index (κ1) is 25.8. The summed E-state index contributed by atoms with van der Waals surface area (Å²) in [6, 6.07) is 15.6. The lowest BCUT2D eigenvalue weighted by molar-refractivity contribution is 0.0697. The highest BCUT2D eigenvalue weighted by molar-refractivity contribution is 7.89. The normalized spacial score (nSPS) is 16.8. The maximum absolute atomic E-state index is 13.1. The van der Waals surface area contributed by atoms with Crippen molar-refractivity contribution in [1.29, 1.82) is 0 Å². The molecule has 0 amide bonds. The van der Waals surface area contributed by atoms with Gasteiger partial charge in [-0.15, -0.1) is 15.6 Å². The zero-order valence-corrected chi connectivity index (χ0v) is 22.9. The van der Waals surface area contributed by atoms with Crippen molar-refractivity contribution in [2.75, 3.05) is 18.4 Å². The molecule has 1 aliphatic heterocycles. The minimum Gasteiger partial charge on any atom is -0.593 e. The first-order valence-corrected chi connectivity index (χ1v) is 14.6. The maximum atomic E-state index is 13.1. The van der Waals surface area contributed by atoms with Gasteiger partial charge in [0, 0.05) is 40.9 Å². The predicted octanol–water partition coefficient (Wildman–Crippen LogP) is 5.47. The Balaban J connectivity index is 1.25. The smallest absolute Gasteiger partial charge is 0.335 e. The van der Waals surface area contributed by atoms with Gasteiger partial charge in [-0.05, 0) is 55.3 Å². The van der Waals surface area contributed by atoms with E-state index in [9.17, 15) is 14.5 Å². The maximum Gasteiger partial charge on any atom is 0.335 e. The first-order valence-electron chi connectivity index (χ1n) is 12.3. The molecule has 3 aromatic heterocycles. The number of carbonyl (C=O) groups is 1. The van der Waals surface area contributed by atoms with Crippen molar-refractivity contribution in [1.82, 2.24) is 23.7 Å². The summed E-state index contributed by atoms with van der Waals surface area (Å²) in [5.41, 5.74) is 3.22. The summed E-state index contributed by atoms with van der Waals surface area (Å²) in [6.45, 7) is 1.33. The first-order chi connectivity index (χ1) is 19.0. The Bertz CT molecular complexity index is 1620. The third-order valence-electron chi connectivity index (χ3n) is 6.53. The highest BCUT2D eigenvalue weighted by Gasteiger charge is 2.30. The molecule has 9 nitrogen and oxygen atoms in total. The molecule has 2 atom stereocenters. The monoisotopic (exact) mass is 578 g/mol. The number of fused-ring (bicyclic) bond motifs is 1. The number of carboxylic acids is 1. The molecule has 2 N–H and O–H groups in total. The predicted molar refractivity (Wildman–Crippen MR) is 153 cm³/mol. The van der Waals surface area contributed by atoms with Crippen molar-refractivity contribution in [3.8, 4) is 22.6 Å². The Morgan fingerprint density at radius 2 is 1.92 bits per heavy atom. The second-order valence-corrected chi connectivity index (χ2v) is 11.9. The highest BCUT2D eigenvalue weighted by Crippen LogP contribution is 2.34. The minimum absolute atomic E-state index is 0.0277. The van der Waals surface area contributed by atoms with Gasteiger partial charge in [-0.3, -0.25) is 4.40 Å². The average Bonchev–Trinajstić information content (AvgIpc) is 3.55. The van der Waals surface area contributed by atoms with Crippen LogP contribution in [0.3, 0.4) is 0 Å². The Morgan fingerprint density at radius 3 is 2.69 bits per heavy atom. The number of halogens is 1. The quantitative estimate of drug-likeness (QED) is 0.244. The number of hydrogen-bond donors (Lipinski definition) is 2. The second-order valence-electron chi connectivity index (χ2n) is 9.09. The largest absolute Gasteiger partial charge is 0.593 e. The second kappa shape index (κ2) is 10.9. The van der Waals surface area contributed by atoms with E-state index in [-0.39, 0.29) is 11.6 Å². The number of piperidine rings is 1. The standard InChI is InChI=1S/C27H23ClN6O3S2/c28-19-7-9-21(10-8-19)39(37)33-13-1-2-20(16-33)30-26-29-12-11-22(31-26)24-23(32-27-34(24)14-15-38-27)17-3-5-18(6-4-17)25(35)36/h3-12,14-15,20H,1-2,13,16H2,(H,35,36)(H,29,30,31)/t20-,39?/m1/s1. The Labute approximate surface area is 236 Å². The summed E-state index contributed by atoms with van der Waals surface area (Å²) >= 11 is 6.22. The molecule has 6 rings (SSSR count). The zero-order chi connectivity index (χ0) is 26.9. The third kappa shape index (κ3) is 5.36. The molecule has 0 aliphatic carbocycles. The van der Waals surface area contributed by atoms with Crippen LogP contribution in [0.2, 0.25) is 5.02 Å². The molecule has 0 radical (unpaired) electrons. The van der Waals surface area contributed by atoms with Crippen molar-refractivity contribution in [2.24, 2.45) is 0 Å². The van der Waals surface area contributed by atoms with Crippen molar-refractivity contribution < 1.29 is 14.5 Å². The SMILES string of the molecule is O=C(O)c1ccc(-c2nc3sccn3c2-c2ccnc(N[C@@H]3CCCN([S+]([O-])c4ccc(Cl)cc4)C3)n2)cc1. The number of anilines is 1. The minimum atomic E-state index is -1.28. The molecule has 1 saturated heterocycles. The van der Waals surface area contributed by atoms with Crippen LogP contribution in [0.15, 0.2) is 77.3 Å². The molecule has 2 aromatic carbocycles. The number of benzene rings is 2. The van der Waals surface area contributed by atoms with Gasteiger partial charge < -0.3 is 15.0 Å². The fraction of sp³-hybridized carbons (Fsp3) is 0.185. The van der Waals surface area contributed by atoms with Crippen LogP contribution in [-0.2, 0) is 11.4 Å². The van der Waals surface area contributed by atoms with E-state index < -0.39 is 17.3 Å². The molecular weight excluding hydrogens is 556 g/mol.